The summed E-state index contributed by atoms with van der Waals surface area (Å²) in [7, 11) is 3.19. The van der Waals surface area contributed by atoms with E-state index in [2.05, 4.69) is 10.5 Å². The fraction of sp³-hybridized carbons (Fsp3) is 0.364. The maximum absolute atomic E-state index is 12.0. The van der Waals surface area contributed by atoms with Gasteiger partial charge in [-0.2, -0.15) is 0 Å². The van der Waals surface area contributed by atoms with Gasteiger partial charge in [0.05, 0.1) is 31.1 Å². The van der Waals surface area contributed by atoms with Crippen LogP contribution in [-0.4, -0.2) is 32.9 Å². The summed E-state index contributed by atoms with van der Waals surface area (Å²) in [4.78, 5) is 12.9. The highest BCUT2D eigenvalue weighted by Crippen LogP contribution is 2.39. The summed E-state index contributed by atoms with van der Waals surface area (Å²) in [5, 5.41) is 6.84. The van der Waals surface area contributed by atoms with E-state index < -0.39 is 5.41 Å². The van der Waals surface area contributed by atoms with Crippen molar-refractivity contribution in [2.45, 2.75) is 37.0 Å². The molecule has 2 aromatic carbocycles. The van der Waals surface area contributed by atoms with Gasteiger partial charge in [0, 0.05) is 18.0 Å². The summed E-state index contributed by atoms with van der Waals surface area (Å²) in [6.07, 6.45) is 3.24. The Bertz CT molecular complexity index is 930. The largest absolute Gasteiger partial charge is 0.494 e. The Kier molecular flexibility index (Phi) is 7.10. The summed E-state index contributed by atoms with van der Waals surface area (Å²) in [5.74, 6) is 2.08. The molecule has 8 heteroatoms. The van der Waals surface area contributed by atoms with Crippen LogP contribution in [0.25, 0.3) is 0 Å². The standard InChI is InChI=1S/C22H26N2O5S/c1-22(2)17-13-15(7-9-18(17)24-21(22)25)28-12-6-5-11-23-29-30-16-8-10-19(26-3)20(14-16)27-4/h7-11,13-14H,5-6,12H2,1-4H3,(H,24,25). The summed E-state index contributed by atoms with van der Waals surface area (Å²) in [5.41, 5.74) is 1.28. The number of hydrogen-bond acceptors (Lipinski definition) is 7. The second-order valence-electron chi connectivity index (χ2n) is 7.24. The Labute approximate surface area is 180 Å². The van der Waals surface area contributed by atoms with E-state index in [9.17, 15) is 4.79 Å². The maximum atomic E-state index is 12.0. The first-order valence-electron chi connectivity index (χ1n) is 9.62. The molecule has 160 valence electrons. The second kappa shape index (κ2) is 9.75. The van der Waals surface area contributed by atoms with Gasteiger partial charge in [0.15, 0.2) is 11.5 Å². The van der Waals surface area contributed by atoms with Gasteiger partial charge in [-0.1, -0.05) is 5.16 Å². The molecule has 1 aliphatic heterocycles. The van der Waals surface area contributed by atoms with Crippen LogP contribution in [0, 0.1) is 0 Å². The van der Waals surface area contributed by atoms with Crippen molar-refractivity contribution >= 4 is 29.9 Å². The number of fused-ring (bicyclic) bond motifs is 1. The molecule has 1 amide bonds. The summed E-state index contributed by atoms with van der Waals surface area (Å²) in [6, 6.07) is 11.2. The molecule has 0 radical (unpaired) electrons. The van der Waals surface area contributed by atoms with Crippen LogP contribution in [0.15, 0.2) is 46.4 Å². The number of ether oxygens (including phenoxy) is 3. The maximum Gasteiger partial charge on any atom is 0.234 e. The van der Waals surface area contributed by atoms with E-state index in [4.69, 9.17) is 18.5 Å². The number of oxime groups is 1. The number of anilines is 1. The van der Waals surface area contributed by atoms with Crippen molar-refractivity contribution < 1.29 is 23.3 Å². The first kappa shape index (κ1) is 21.8. The molecule has 0 spiro atoms. The SMILES string of the molecule is COc1ccc(SON=CCCCOc2ccc3c(c2)C(C)(C)C(=O)N3)cc1OC. The van der Waals surface area contributed by atoms with Gasteiger partial charge >= 0.3 is 0 Å². The highest BCUT2D eigenvalue weighted by Gasteiger charge is 2.38. The molecule has 3 rings (SSSR count). The van der Waals surface area contributed by atoms with E-state index in [0.29, 0.717) is 18.1 Å². The summed E-state index contributed by atoms with van der Waals surface area (Å²) >= 11 is 1.14. The van der Waals surface area contributed by atoms with Crippen molar-refractivity contribution in [2.75, 3.05) is 26.1 Å². The molecule has 0 bridgehead atoms. The third-order valence-corrected chi connectivity index (χ3v) is 5.44. The number of methoxy groups -OCH3 is 2. The third kappa shape index (κ3) is 4.99. The topological polar surface area (TPSA) is 78.4 Å². The van der Waals surface area contributed by atoms with E-state index in [-0.39, 0.29) is 5.91 Å². The van der Waals surface area contributed by atoms with E-state index in [1.165, 1.54) is 0 Å². The van der Waals surface area contributed by atoms with Gasteiger partial charge in [0.25, 0.3) is 0 Å². The molecule has 0 aliphatic carbocycles. The third-order valence-electron chi connectivity index (χ3n) is 4.83. The molecule has 7 nitrogen and oxygen atoms in total. The molecule has 0 aromatic heterocycles. The Balaban J connectivity index is 1.38. The molecular formula is C22H26N2O5S. The van der Waals surface area contributed by atoms with Crippen LogP contribution in [0.4, 0.5) is 5.69 Å². The number of benzene rings is 2. The first-order valence-corrected chi connectivity index (χ1v) is 10.4. The van der Waals surface area contributed by atoms with Gasteiger partial charge in [0.2, 0.25) is 5.91 Å². The van der Waals surface area contributed by atoms with Gasteiger partial charge in [-0.15, -0.1) is 0 Å². The Morgan fingerprint density at radius 3 is 2.67 bits per heavy atom. The lowest BCUT2D eigenvalue weighted by atomic mass is 9.86. The predicted molar refractivity (Wildman–Crippen MR) is 118 cm³/mol. The number of nitrogens with zero attached hydrogens (tertiary/aromatic N) is 1. The Morgan fingerprint density at radius 2 is 1.90 bits per heavy atom. The van der Waals surface area contributed by atoms with Crippen LogP contribution in [0.1, 0.15) is 32.3 Å². The Hall–Kier alpha value is -2.87. The van der Waals surface area contributed by atoms with Gasteiger partial charge in [-0.05, 0) is 62.6 Å². The Morgan fingerprint density at radius 1 is 1.10 bits per heavy atom. The zero-order chi connectivity index (χ0) is 21.6. The van der Waals surface area contributed by atoms with Gasteiger partial charge in [0.1, 0.15) is 17.8 Å². The van der Waals surface area contributed by atoms with Gasteiger partial charge in [-0.25, -0.2) is 0 Å². The molecular weight excluding hydrogens is 404 g/mol. The lowest BCUT2D eigenvalue weighted by molar-refractivity contribution is -0.119. The number of unbranched alkanes of at least 4 members (excludes halogenated alkanes) is 1. The van der Waals surface area contributed by atoms with E-state index in [1.807, 2.05) is 50.2 Å². The minimum Gasteiger partial charge on any atom is -0.494 e. The molecule has 1 aliphatic rings. The summed E-state index contributed by atoms with van der Waals surface area (Å²) < 4.78 is 21.5. The number of rotatable bonds is 10. The lowest BCUT2D eigenvalue weighted by Crippen LogP contribution is -2.26. The molecule has 2 aromatic rings. The quantitative estimate of drug-likeness (QED) is 0.252. The molecule has 0 fully saturated rings. The van der Waals surface area contributed by atoms with E-state index >= 15 is 0 Å². The molecule has 0 saturated heterocycles. The highest BCUT2D eigenvalue weighted by atomic mass is 32.2. The zero-order valence-corrected chi connectivity index (χ0v) is 18.4. The minimum absolute atomic E-state index is 0.0109. The molecule has 0 unspecified atom stereocenters. The molecule has 30 heavy (non-hydrogen) atoms. The predicted octanol–water partition coefficient (Wildman–Crippen LogP) is 4.80. The minimum atomic E-state index is -0.537. The smallest absolute Gasteiger partial charge is 0.234 e. The number of carbonyl (C=O) groups excluding carboxylic acids is 1. The molecule has 1 N–H and O–H groups in total. The van der Waals surface area contributed by atoms with Gasteiger partial charge < -0.3 is 23.8 Å². The second-order valence-corrected chi connectivity index (χ2v) is 8.03. The van der Waals surface area contributed by atoms with Crippen molar-refractivity contribution in [3.05, 3.63) is 42.0 Å². The zero-order valence-electron chi connectivity index (χ0n) is 17.6. The van der Waals surface area contributed by atoms with Crippen LogP contribution in [0.3, 0.4) is 0 Å². The monoisotopic (exact) mass is 430 g/mol. The van der Waals surface area contributed by atoms with E-state index in [0.717, 1.165) is 46.8 Å². The van der Waals surface area contributed by atoms with Crippen LogP contribution in [-0.2, 0) is 14.5 Å². The van der Waals surface area contributed by atoms with Crippen molar-refractivity contribution in [1.29, 1.82) is 0 Å². The molecule has 0 saturated carbocycles. The van der Waals surface area contributed by atoms with Crippen LogP contribution in [0.5, 0.6) is 17.2 Å². The van der Waals surface area contributed by atoms with E-state index in [1.54, 1.807) is 20.4 Å². The number of nitrogens with one attached hydrogen (secondary N) is 1. The van der Waals surface area contributed by atoms with Crippen molar-refractivity contribution in [3.8, 4) is 17.2 Å². The molecule has 0 atom stereocenters. The number of hydrogen-bond donors (Lipinski definition) is 1. The fourth-order valence-electron chi connectivity index (χ4n) is 3.02. The highest BCUT2D eigenvalue weighted by molar-refractivity contribution is 7.94. The fourth-order valence-corrected chi connectivity index (χ4v) is 3.49. The number of carbonyl (C=O) groups is 1. The van der Waals surface area contributed by atoms with Gasteiger partial charge in [-0.3, -0.25) is 4.79 Å². The average Bonchev–Trinajstić information content (AvgIpc) is 2.98. The van der Waals surface area contributed by atoms with Crippen molar-refractivity contribution in [1.82, 2.24) is 0 Å². The van der Waals surface area contributed by atoms with Crippen LogP contribution in [0.2, 0.25) is 0 Å². The molecule has 1 heterocycles. The number of amides is 1. The normalized spacial score (nSPS) is 14.3. The van der Waals surface area contributed by atoms with Crippen LogP contribution < -0.4 is 19.5 Å². The van der Waals surface area contributed by atoms with Crippen molar-refractivity contribution in [2.24, 2.45) is 5.16 Å². The lowest BCUT2D eigenvalue weighted by Gasteiger charge is -2.16. The average molecular weight is 431 g/mol. The van der Waals surface area contributed by atoms with Crippen molar-refractivity contribution in [3.63, 3.8) is 0 Å². The van der Waals surface area contributed by atoms with Crippen LogP contribution >= 0.6 is 12.0 Å². The first-order chi connectivity index (χ1) is 14.5. The summed E-state index contributed by atoms with van der Waals surface area (Å²) in [6.45, 7) is 4.37.